The van der Waals surface area contributed by atoms with Crippen LogP contribution in [0.5, 0.6) is 0 Å². The van der Waals surface area contributed by atoms with E-state index in [0.29, 0.717) is 19.4 Å². The predicted molar refractivity (Wildman–Crippen MR) is 47.2 cm³/mol. The molecule has 0 spiro atoms. The third-order valence-electron chi connectivity index (χ3n) is 2.44. The number of nitrogens with zero attached hydrogens (tertiary/aromatic N) is 1. The van der Waals surface area contributed by atoms with Crippen molar-refractivity contribution < 1.29 is 14.3 Å². The number of ether oxygens (including phenoxy) is 1. The van der Waals surface area contributed by atoms with Crippen LogP contribution in [0, 0.1) is 0 Å². The Morgan fingerprint density at radius 2 is 2.08 bits per heavy atom. The fourth-order valence-electron chi connectivity index (χ4n) is 1.32. The largest absolute Gasteiger partial charge is 0.442 e. The van der Waals surface area contributed by atoms with Crippen LogP contribution in [0.4, 0.5) is 4.79 Å². The zero-order valence-corrected chi connectivity index (χ0v) is 8.29. The van der Waals surface area contributed by atoms with E-state index in [-0.39, 0.29) is 5.91 Å². The first-order chi connectivity index (χ1) is 6.02. The van der Waals surface area contributed by atoms with Gasteiger partial charge in [0.2, 0.25) is 5.91 Å². The van der Waals surface area contributed by atoms with E-state index in [1.165, 1.54) is 0 Å². The lowest BCUT2D eigenvalue weighted by Gasteiger charge is -2.36. The van der Waals surface area contributed by atoms with Gasteiger partial charge in [0.05, 0.1) is 6.42 Å². The zero-order chi connectivity index (χ0) is 10.1. The van der Waals surface area contributed by atoms with E-state index in [1.807, 2.05) is 6.92 Å². The second-order valence-electron chi connectivity index (χ2n) is 3.49. The molecule has 0 radical (unpaired) electrons. The lowest BCUT2D eigenvalue weighted by molar-refractivity contribution is -0.142. The van der Waals surface area contributed by atoms with Gasteiger partial charge in [-0.2, -0.15) is 0 Å². The lowest BCUT2D eigenvalue weighted by Crippen LogP contribution is -2.50. The lowest BCUT2D eigenvalue weighted by atomic mass is 9.97. The van der Waals surface area contributed by atoms with Crippen molar-refractivity contribution in [1.82, 2.24) is 4.90 Å². The fraction of sp³-hybridized carbons (Fsp3) is 0.778. The van der Waals surface area contributed by atoms with Crippen LogP contribution in [-0.4, -0.2) is 29.0 Å². The van der Waals surface area contributed by atoms with Crippen LogP contribution < -0.4 is 0 Å². The second kappa shape index (κ2) is 3.36. The summed E-state index contributed by atoms with van der Waals surface area (Å²) in [5.74, 6) is -0.136. The van der Waals surface area contributed by atoms with Gasteiger partial charge in [0.25, 0.3) is 0 Å². The number of hydrogen-bond acceptors (Lipinski definition) is 3. The molecule has 0 aliphatic carbocycles. The van der Waals surface area contributed by atoms with Crippen LogP contribution >= 0.6 is 0 Å². The Labute approximate surface area is 77.8 Å². The number of hydrogen-bond donors (Lipinski definition) is 0. The van der Waals surface area contributed by atoms with Crippen LogP contribution in [0.3, 0.4) is 0 Å². The topological polar surface area (TPSA) is 46.6 Å². The Morgan fingerprint density at radius 3 is 2.46 bits per heavy atom. The van der Waals surface area contributed by atoms with Gasteiger partial charge >= 0.3 is 6.09 Å². The third-order valence-corrected chi connectivity index (χ3v) is 2.44. The van der Waals surface area contributed by atoms with Gasteiger partial charge in [0.15, 0.2) is 0 Å². The summed E-state index contributed by atoms with van der Waals surface area (Å²) in [7, 11) is 0. The highest BCUT2D eigenvalue weighted by atomic mass is 16.6. The molecule has 1 unspecified atom stereocenters. The number of imide groups is 1. The molecule has 1 fully saturated rings. The molecule has 1 saturated heterocycles. The first-order valence-corrected chi connectivity index (χ1v) is 4.55. The van der Waals surface area contributed by atoms with Crippen molar-refractivity contribution in [2.75, 3.05) is 6.54 Å². The van der Waals surface area contributed by atoms with E-state index in [0.717, 1.165) is 4.90 Å². The minimum Gasteiger partial charge on any atom is -0.442 e. The summed E-state index contributed by atoms with van der Waals surface area (Å²) >= 11 is 0. The maximum absolute atomic E-state index is 11.4. The van der Waals surface area contributed by atoms with Gasteiger partial charge in [-0.1, -0.05) is 6.92 Å². The Morgan fingerprint density at radius 1 is 1.46 bits per heavy atom. The molecule has 74 valence electrons. The van der Waals surface area contributed by atoms with Gasteiger partial charge in [0.1, 0.15) is 5.60 Å². The fourth-order valence-corrected chi connectivity index (χ4v) is 1.32. The molecule has 0 aromatic carbocycles. The highest BCUT2D eigenvalue weighted by Crippen LogP contribution is 2.26. The molecule has 1 aliphatic heterocycles. The number of rotatable bonds is 2. The molecule has 1 atom stereocenters. The quantitative estimate of drug-likeness (QED) is 0.655. The highest BCUT2D eigenvalue weighted by molar-refractivity contribution is 5.94. The van der Waals surface area contributed by atoms with Crippen LogP contribution in [0.25, 0.3) is 0 Å². The monoisotopic (exact) mass is 185 g/mol. The van der Waals surface area contributed by atoms with Gasteiger partial charge in [0, 0.05) is 6.54 Å². The Hall–Kier alpha value is -1.06. The Kier molecular flexibility index (Phi) is 2.59. The molecule has 0 aromatic heterocycles. The third kappa shape index (κ3) is 1.82. The summed E-state index contributed by atoms with van der Waals surface area (Å²) in [6, 6.07) is 0. The van der Waals surface area contributed by atoms with Crippen molar-refractivity contribution in [2.45, 2.75) is 39.2 Å². The minimum atomic E-state index is -0.597. The van der Waals surface area contributed by atoms with Crippen molar-refractivity contribution in [1.29, 1.82) is 0 Å². The van der Waals surface area contributed by atoms with Crippen molar-refractivity contribution in [2.24, 2.45) is 0 Å². The van der Waals surface area contributed by atoms with Crippen LogP contribution in [0.1, 0.15) is 33.6 Å². The first-order valence-electron chi connectivity index (χ1n) is 4.55. The minimum absolute atomic E-state index is 0.136. The standard InChI is InChI=1S/C9H15NO3/c1-4-9(3)6-7(11)10(5-2)8(12)13-9/h4-6H2,1-3H3. The molecular weight excluding hydrogens is 170 g/mol. The zero-order valence-electron chi connectivity index (χ0n) is 8.29. The summed E-state index contributed by atoms with van der Waals surface area (Å²) in [4.78, 5) is 23.9. The first kappa shape index (κ1) is 10.0. The average molecular weight is 185 g/mol. The molecule has 1 heterocycles. The summed E-state index contributed by atoms with van der Waals surface area (Å²) in [6.45, 7) is 5.84. The van der Waals surface area contributed by atoms with Crippen molar-refractivity contribution >= 4 is 12.0 Å². The maximum atomic E-state index is 11.4. The SMILES string of the molecule is CCN1C(=O)CC(C)(CC)OC1=O. The molecule has 0 saturated carbocycles. The Balaban J connectivity index is 2.78. The number of cyclic esters (lactones) is 1. The average Bonchev–Trinajstić information content (AvgIpc) is 2.03. The molecule has 0 bridgehead atoms. The molecule has 1 aliphatic rings. The van der Waals surface area contributed by atoms with Gasteiger partial charge in [-0.3, -0.25) is 4.79 Å². The summed E-state index contributed by atoms with van der Waals surface area (Å²) in [5.41, 5.74) is -0.597. The normalized spacial score (nSPS) is 29.0. The predicted octanol–water partition coefficient (Wildman–Crippen LogP) is 1.54. The number of carbonyl (C=O) groups excluding carboxylic acids is 2. The van der Waals surface area contributed by atoms with Crippen LogP contribution in [0.15, 0.2) is 0 Å². The summed E-state index contributed by atoms with van der Waals surface area (Å²) in [5, 5.41) is 0. The molecule has 13 heavy (non-hydrogen) atoms. The van der Waals surface area contributed by atoms with Crippen molar-refractivity contribution in [3.63, 3.8) is 0 Å². The summed E-state index contributed by atoms with van der Waals surface area (Å²) in [6.07, 6.45) is 0.452. The number of amides is 2. The van der Waals surface area contributed by atoms with Gasteiger partial charge in [-0.25, -0.2) is 9.69 Å². The molecule has 1 rings (SSSR count). The van der Waals surface area contributed by atoms with E-state index in [2.05, 4.69) is 0 Å². The molecule has 0 aromatic rings. The van der Waals surface area contributed by atoms with Crippen molar-refractivity contribution in [3.8, 4) is 0 Å². The second-order valence-corrected chi connectivity index (χ2v) is 3.49. The van der Waals surface area contributed by atoms with E-state index in [4.69, 9.17) is 4.74 Å². The highest BCUT2D eigenvalue weighted by Gasteiger charge is 2.40. The summed E-state index contributed by atoms with van der Waals surface area (Å²) < 4.78 is 5.16. The van der Waals surface area contributed by atoms with Gasteiger partial charge < -0.3 is 4.74 Å². The van der Waals surface area contributed by atoms with E-state index < -0.39 is 11.7 Å². The van der Waals surface area contributed by atoms with E-state index >= 15 is 0 Å². The van der Waals surface area contributed by atoms with Crippen LogP contribution in [-0.2, 0) is 9.53 Å². The molecular formula is C9H15NO3. The molecule has 4 heteroatoms. The maximum Gasteiger partial charge on any atom is 0.417 e. The van der Waals surface area contributed by atoms with Crippen molar-refractivity contribution in [3.05, 3.63) is 0 Å². The van der Waals surface area contributed by atoms with Gasteiger partial charge in [-0.05, 0) is 20.3 Å². The van der Waals surface area contributed by atoms with Crippen LogP contribution in [0.2, 0.25) is 0 Å². The smallest absolute Gasteiger partial charge is 0.417 e. The molecule has 0 N–H and O–H groups in total. The van der Waals surface area contributed by atoms with E-state index in [9.17, 15) is 9.59 Å². The Bertz CT molecular complexity index is 219. The van der Waals surface area contributed by atoms with Gasteiger partial charge in [-0.15, -0.1) is 0 Å². The molecule has 2 amide bonds. The van der Waals surface area contributed by atoms with E-state index in [1.54, 1.807) is 13.8 Å². The number of carbonyl (C=O) groups is 2. The molecule has 4 nitrogen and oxygen atoms in total.